The van der Waals surface area contributed by atoms with Gasteiger partial charge in [0.25, 0.3) is 5.56 Å². The first-order valence-electron chi connectivity index (χ1n) is 6.15. The normalized spacial score (nSPS) is 10.8. The van der Waals surface area contributed by atoms with Gasteiger partial charge in [0.1, 0.15) is 16.5 Å². The van der Waals surface area contributed by atoms with Crippen molar-refractivity contribution < 1.29 is 9.15 Å². The minimum Gasteiger partial charge on any atom is -0.465 e. The number of methoxy groups -OCH3 is 1. The molecule has 0 atom stereocenters. The van der Waals surface area contributed by atoms with Gasteiger partial charge in [0.05, 0.1) is 31.6 Å². The summed E-state index contributed by atoms with van der Waals surface area (Å²) in [7, 11) is 1.56. The summed E-state index contributed by atoms with van der Waals surface area (Å²) in [5.74, 6) is 1.60. The fraction of sp³-hybridized carbons (Fsp3) is 0.385. The van der Waals surface area contributed by atoms with E-state index in [1.54, 1.807) is 7.11 Å². The molecule has 0 spiro atoms. The van der Waals surface area contributed by atoms with Crippen LogP contribution in [-0.4, -0.2) is 23.5 Å². The molecule has 20 heavy (non-hydrogen) atoms. The summed E-state index contributed by atoms with van der Waals surface area (Å²) in [5.41, 5.74) is 0.142. The van der Waals surface area contributed by atoms with E-state index in [-0.39, 0.29) is 10.6 Å². The van der Waals surface area contributed by atoms with E-state index in [4.69, 9.17) is 20.8 Å². The van der Waals surface area contributed by atoms with E-state index in [1.165, 1.54) is 10.9 Å². The van der Waals surface area contributed by atoms with Crippen LogP contribution in [0.3, 0.4) is 0 Å². The second kappa shape index (κ2) is 6.58. The molecule has 2 aromatic rings. The molecule has 108 valence electrons. The average molecular weight is 298 g/mol. The zero-order valence-electron chi connectivity index (χ0n) is 11.4. The highest BCUT2D eigenvalue weighted by Gasteiger charge is 2.09. The van der Waals surface area contributed by atoms with Crippen LogP contribution in [0.2, 0.25) is 5.02 Å². The average Bonchev–Trinajstić information content (AvgIpc) is 2.85. The second-order valence-electron chi connectivity index (χ2n) is 4.26. The van der Waals surface area contributed by atoms with Crippen molar-refractivity contribution in [2.24, 2.45) is 0 Å². The van der Waals surface area contributed by atoms with E-state index >= 15 is 0 Å². The molecule has 0 unspecified atom stereocenters. The van der Waals surface area contributed by atoms with Gasteiger partial charge < -0.3 is 14.5 Å². The molecule has 7 heteroatoms. The highest BCUT2D eigenvalue weighted by Crippen LogP contribution is 2.17. The number of halogens is 1. The largest absolute Gasteiger partial charge is 0.465 e. The minimum atomic E-state index is -0.343. The van der Waals surface area contributed by atoms with Crippen molar-refractivity contribution in [3.8, 4) is 0 Å². The van der Waals surface area contributed by atoms with Crippen molar-refractivity contribution in [1.82, 2.24) is 9.78 Å². The Morgan fingerprint density at radius 2 is 2.30 bits per heavy atom. The van der Waals surface area contributed by atoms with E-state index in [2.05, 4.69) is 10.4 Å². The predicted molar refractivity (Wildman–Crippen MR) is 76.2 cm³/mol. The molecular weight excluding hydrogens is 282 g/mol. The van der Waals surface area contributed by atoms with Crippen LogP contribution in [0.5, 0.6) is 0 Å². The van der Waals surface area contributed by atoms with Crippen LogP contribution in [-0.2, 0) is 17.8 Å². The van der Waals surface area contributed by atoms with Gasteiger partial charge in [-0.1, -0.05) is 11.6 Å². The number of nitrogens with one attached hydrogen (secondary N) is 1. The Labute approximate surface area is 121 Å². The van der Waals surface area contributed by atoms with Crippen molar-refractivity contribution >= 4 is 17.3 Å². The van der Waals surface area contributed by atoms with Crippen LogP contribution in [0, 0.1) is 6.92 Å². The second-order valence-corrected chi connectivity index (χ2v) is 4.64. The van der Waals surface area contributed by atoms with Gasteiger partial charge in [-0.25, -0.2) is 4.68 Å². The van der Waals surface area contributed by atoms with Crippen LogP contribution in [0.4, 0.5) is 5.69 Å². The van der Waals surface area contributed by atoms with E-state index in [1.807, 2.05) is 19.1 Å². The van der Waals surface area contributed by atoms with Crippen molar-refractivity contribution in [3.05, 3.63) is 45.2 Å². The number of anilines is 1. The van der Waals surface area contributed by atoms with Crippen LogP contribution >= 0.6 is 11.6 Å². The number of hydrogen-bond donors (Lipinski definition) is 1. The highest BCUT2D eigenvalue weighted by atomic mass is 35.5. The molecule has 0 saturated carbocycles. The number of furan rings is 1. The van der Waals surface area contributed by atoms with Crippen LogP contribution < -0.4 is 10.9 Å². The summed E-state index contributed by atoms with van der Waals surface area (Å²) < 4.78 is 11.6. The Hall–Kier alpha value is -1.79. The summed E-state index contributed by atoms with van der Waals surface area (Å²) in [6, 6.07) is 3.74. The van der Waals surface area contributed by atoms with Gasteiger partial charge in [0, 0.05) is 7.11 Å². The highest BCUT2D eigenvalue weighted by molar-refractivity contribution is 6.32. The standard InChI is InChI=1S/C13H16ClN3O3/c1-9-3-4-10(20-9)7-15-11-8-16-17(5-6-19-2)13(18)12(11)14/h3-4,8,15H,5-7H2,1-2H3. The van der Waals surface area contributed by atoms with Crippen molar-refractivity contribution in [3.63, 3.8) is 0 Å². The van der Waals surface area contributed by atoms with Crippen molar-refractivity contribution in [2.75, 3.05) is 19.0 Å². The lowest BCUT2D eigenvalue weighted by Crippen LogP contribution is -2.26. The van der Waals surface area contributed by atoms with Crippen LogP contribution in [0.25, 0.3) is 0 Å². The summed E-state index contributed by atoms with van der Waals surface area (Å²) in [4.78, 5) is 12.0. The molecule has 0 aliphatic heterocycles. The Morgan fingerprint density at radius 1 is 1.50 bits per heavy atom. The van der Waals surface area contributed by atoms with Crippen LogP contribution in [0.15, 0.2) is 27.5 Å². The lowest BCUT2D eigenvalue weighted by molar-refractivity contribution is 0.182. The topological polar surface area (TPSA) is 69.3 Å². The molecule has 0 saturated heterocycles. The van der Waals surface area contributed by atoms with Crippen molar-refractivity contribution in [2.45, 2.75) is 20.0 Å². The van der Waals surface area contributed by atoms with Gasteiger partial charge in [0.2, 0.25) is 0 Å². The molecular formula is C13H16ClN3O3. The molecule has 0 fully saturated rings. The first kappa shape index (κ1) is 14.6. The number of aryl methyl sites for hydroxylation is 1. The summed E-state index contributed by atoms with van der Waals surface area (Å²) in [6.45, 7) is 3.08. The Bertz CT molecular complexity index is 636. The Morgan fingerprint density at radius 3 is 2.95 bits per heavy atom. The van der Waals surface area contributed by atoms with E-state index in [0.717, 1.165) is 11.5 Å². The van der Waals surface area contributed by atoms with Gasteiger partial charge in [-0.05, 0) is 19.1 Å². The zero-order valence-corrected chi connectivity index (χ0v) is 12.1. The SMILES string of the molecule is COCCn1ncc(NCc2ccc(C)o2)c(Cl)c1=O. The molecule has 0 bridgehead atoms. The van der Waals surface area contributed by atoms with E-state index in [0.29, 0.717) is 25.4 Å². The zero-order chi connectivity index (χ0) is 14.5. The number of nitrogens with zero attached hydrogens (tertiary/aromatic N) is 2. The van der Waals surface area contributed by atoms with Crippen LogP contribution in [0.1, 0.15) is 11.5 Å². The molecule has 2 heterocycles. The maximum absolute atomic E-state index is 12.0. The molecule has 1 N–H and O–H groups in total. The first-order valence-corrected chi connectivity index (χ1v) is 6.53. The van der Waals surface area contributed by atoms with Gasteiger partial charge >= 0.3 is 0 Å². The van der Waals surface area contributed by atoms with Crippen molar-refractivity contribution in [1.29, 1.82) is 0 Å². The summed E-state index contributed by atoms with van der Waals surface area (Å²) in [5, 5.41) is 7.19. The lowest BCUT2D eigenvalue weighted by Gasteiger charge is -2.09. The molecule has 0 amide bonds. The number of aromatic nitrogens is 2. The van der Waals surface area contributed by atoms with E-state index in [9.17, 15) is 4.79 Å². The molecule has 0 aliphatic rings. The maximum Gasteiger partial charge on any atom is 0.287 e. The predicted octanol–water partition coefficient (Wildman–Crippen LogP) is 2.06. The minimum absolute atomic E-state index is 0.111. The van der Waals surface area contributed by atoms with Gasteiger partial charge in [-0.15, -0.1) is 0 Å². The third-order valence-electron chi connectivity index (χ3n) is 2.74. The molecule has 0 aromatic carbocycles. The summed E-state index contributed by atoms with van der Waals surface area (Å²) in [6.07, 6.45) is 1.52. The summed E-state index contributed by atoms with van der Waals surface area (Å²) >= 11 is 6.04. The molecule has 6 nitrogen and oxygen atoms in total. The fourth-order valence-corrected chi connectivity index (χ4v) is 1.90. The lowest BCUT2D eigenvalue weighted by atomic mass is 10.4. The first-order chi connectivity index (χ1) is 9.61. The Kier molecular flexibility index (Phi) is 4.81. The third-order valence-corrected chi connectivity index (χ3v) is 3.11. The fourth-order valence-electron chi connectivity index (χ4n) is 1.69. The monoisotopic (exact) mass is 297 g/mol. The number of ether oxygens (including phenoxy) is 1. The smallest absolute Gasteiger partial charge is 0.287 e. The maximum atomic E-state index is 12.0. The molecule has 0 radical (unpaired) electrons. The third kappa shape index (κ3) is 3.40. The molecule has 2 aromatic heterocycles. The molecule has 2 rings (SSSR count). The number of rotatable bonds is 6. The van der Waals surface area contributed by atoms with E-state index < -0.39 is 0 Å². The quantitative estimate of drug-likeness (QED) is 0.884. The Balaban J connectivity index is 2.09. The molecule has 0 aliphatic carbocycles. The number of hydrogen-bond acceptors (Lipinski definition) is 5. The van der Waals surface area contributed by atoms with Gasteiger partial charge in [0.15, 0.2) is 0 Å². The van der Waals surface area contributed by atoms with Gasteiger partial charge in [-0.2, -0.15) is 5.10 Å². The van der Waals surface area contributed by atoms with Gasteiger partial charge in [-0.3, -0.25) is 4.79 Å².